The summed E-state index contributed by atoms with van der Waals surface area (Å²) in [4.78, 5) is 23.2. The van der Waals surface area contributed by atoms with Crippen LogP contribution < -0.4 is 0 Å². The van der Waals surface area contributed by atoms with Gasteiger partial charge in [-0.05, 0) is 18.9 Å². The molecular weight excluding hydrogens is 272 g/mol. The predicted molar refractivity (Wildman–Crippen MR) is 77.7 cm³/mol. The lowest BCUT2D eigenvalue weighted by molar-refractivity contribution is -0.168. The maximum atomic E-state index is 11.7. The van der Waals surface area contributed by atoms with Gasteiger partial charge in [0.1, 0.15) is 12.0 Å². The standard InChI is InChI=1S/C16H22O5/c1-10(2)16(20)21-14(11(3)17)13(15(18)19)9-12-7-5-4-6-8-12/h4-8,10-11,13-14,17H,9H2,1-3H3,(H,18,19)/t11-,13+,14-/m0/s1. The van der Waals surface area contributed by atoms with Crippen LogP contribution in [0.3, 0.4) is 0 Å². The Morgan fingerprint density at radius 2 is 1.71 bits per heavy atom. The molecule has 3 atom stereocenters. The summed E-state index contributed by atoms with van der Waals surface area (Å²) < 4.78 is 5.20. The van der Waals surface area contributed by atoms with E-state index in [0.717, 1.165) is 5.56 Å². The fourth-order valence-electron chi connectivity index (χ4n) is 2.00. The van der Waals surface area contributed by atoms with E-state index in [0.29, 0.717) is 0 Å². The van der Waals surface area contributed by atoms with Crippen molar-refractivity contribution in [3.8, 4) is 0 Å². The van der Waals surface area contributed by atoms with Crippen LogP contribution >= 0.6 is 0 Å². The Morgan fingerprint density at radius 3 is 2.14 bits per heavy atom. The van der Waals surface area contributed by atoms with Gasteiger partial charge >= 0.3 is 11.9 Å². The van der Waals surface area contributed by atoms with Crippen LogP contribution in [0.25, 0.3) is 0 Å². The monoisotopic (exact) mass is 294 g/mol. The first-order valence-corrected chi connectivity index (χ1v) is 6.98. The zero-order chi connectivity index (χ0) is 16.0. The van der Waals surface area contributed by atoms with Crippen molar-refractivity contribution in [2.45, 2.75) is 39.4 Å². The van der Waals surface area contributed by atoms with Gasteiger partial charge in [0.05, 0.1) is 12.0 Å². The molecule has 0 bridgehead atoms. The molecule has 0 spiro atoms. The molecule has 1 rings (SSSR count). The second-order valence-corrected chi connectivity index (χ2v) is 5.43. The molecule has 1 aromatic carbocycles. The summed E-state index contributed by atoms with van der Waals surface area (Å²) in [5.41, 5.74) is 0.816. The van der Waals surface area contributed by atoms with Crippen molar-refractivity contribution in [2.24, 2.45) is 11.8 Å². The number of aliphatic hydroxyl groups excluding tert-OH is 1. The van der Waals surface area contributed by atoms with Crippen molar-refractivity contribution >= 4 is 11.9 Å². The summed E-state index contributed by atoms with van der Waals surface area (Å²) in [6.45, 7) is 4.75. The molecule has 0 saturated carbocycles. The van der Waals surface area contributed by atoms with Gasteiger partial charge in [0.2, 0.25) is 0 Å². The molecule has 0 aliphatic rings. The van der Waals surface area contributed by atoms with Gasteiger partial charge in [0, 0.05) is 0 Å². The highest BCUT2D eigenvalue weighted by Crippen LogP contribution is 2.20. The Balaban J connectivity index is 2.93. The number of carboxylic acid groups (broad SMARTS) is 1. The number of rotatable bonds is 7. The molecule has 0 fully saturated rings. The van der Waals surface area contributed by atoms with Crippen molar-refractivity contribution in [1.82, 2.24) is 0 Å². The molecular formula is C16H22O5. The number of carboxylic acids is 1. The number of carbonyl (C=O) groups is 2. The summed E-state index contributed by atoms with van der Waals surface area (Å²) in [5.74, 6) is -2.98. The number of ether oxygens (including phenoxy) is 1. The predicted octanol–water partition coefficient (Wildman–Crippen LogP) is 1.88. The first-order chi connectivity index (χ1) is 9.82. The van der Waals surface area contributed by atoms with E-state index >= 15 is 0 Å². The highest BCUT2D eigenvalue weighted by atomic mass is 16.6. The summed E-state index contributed by atoms with van der Waals surface area (Å²) in [6, 6.07) is 9.07. The molecule has 5 heteroatoms. The van der Waals surface area contributed by atoms with Gasteiger partial charge < -0.3 is 14.9 Å². The molecule has 5 nitrogen and oxygen atoms in total. The molecule has 0 aromatic heterocycles. The first-order valence-electron chi connectivity index (χ1n) is 6.98. The molecule has 0 radical (unpaired) electrons. The third-order valence-corrected chi connectivity index (χ3v) is 3.21. The SMILES string of the molecule is CC(C)C(=O)O[C@@H]([C@H](C)O)[C@@H](Cc1ccccc1)C(=O)O. The molecule has 0 aliphatic heterocycles. The largest absolute Gasteiger partial charge is 0.481 e. The van der Waals surface area contributed by atoms with Crippen LogP contribution in [0.1, 0.15) is 26.3 Å². The fourth-order valence-corrected chi connectivity index (χ4v) is 2.00. The summed E-state index contributed by atoms with van der Waals surface area (Å²) >= 11 is 0. The van der Waals surface area contributed by atoms with Crippen LogP contribution in [-0.2, 0) is 20.7 Å². The van der Waals surface area contributed by atoms with Gasteiger partial charge in [0.25, 0.3) is 0 Å². The smallest absolute Gasteiger partial charge is 0.310 e. The summed E-state index contributed by atoms with van der Waals surface area (Å²) in [5, 5.41) is 19.2. The van der Waals surface area contributed by atoms with Gasteiger partial charge in [0.15, 0.2) is 0 Å². The Morgan fingerprint density at radius 1 is 1.14 bits per heavy atom. The number of carbonyl (C=O) groups excluding carboxylic acids is 1. The number of aliphatic hydroxyl groups is 1. The molecule has 0 unspecified atom stereocenters. The first kappa shape index (κ1) is 17.2. The lowest BCUT2D eigenvalue weighted by Gasteiger charge is -2.27. The Bertz CT molecular complexity index is 467. The molecule has 0 heterocycles. The van der Waals surface area contributed by atoms with Crippen molar-refractivity contribution in [1.29, 1.82) is 0 Å². The van der Waals surface area contributed by atoms with Crippen LogP contribution in [0, 0.1) is 11.8 Å². The van der Waals surface area contributed by atoms with E-state index in [1.807, 2.05) is 18.2 Å². The van der Waals surface area contributed by atoms with E-state index in [-0.39, 0.29) is 12.3 Å². The quantitative estimate of drug-likeness (QED) is 0.750. The Hall–Kier alpha value is -1.88. The Kier molecular flexibility index (Phi) is 6.37. The van der Waals surface area contributed by atoms with E-state index in [9.17, 15) is 19.8 Å². The second kappa shape index (κ2) is 7.78. The third-order valence-electron chi connectivity index (χ3n) is 3.21. The molecule has 0 saturated heterocycles. The van der Waals surface area contributed by atoms with Gasteiger partial charge in [-0.1, -0.05) is 44.2 Å². The van der Waals surface area contributed by atoms with E-state index in [2.05, 4.69) is 0 Å². The maximum absolute atomic E-state index is 11.7. The molecule has 0 amide bonds. The van der Waals surface area contributed by atoms with Crippen molar-refractivity contribution < 1.29 is 24.5 Å². The summed E-state index contributed by atoms with van der Waals surface area (Å²) in [7, 11) is 0. The third kappa shape index (κ3) is 5.19. The minimum atomic E-state index is -1.10. The van der Waals surface area contributed by atoms with Crippen LogP contribution in [-0.4, -0.2) is 34.4 Å². The molecule has 0 aliphatic carbocycles. The minimum absolute atomic E-state index is 0.192. The van der Waals surface area contributed by atoms with Crippen molar-refractivity contribution in [3.63, 3.8) is 0 Å². The molecule has 21 heavy (non-hydrogen) atoms. The van der Waals surface area contributed by atoms with Crippen LogP contribution in [0.4, 0.5) is 0 Å². The van der Waals surface area contributed by atoms with E-state index in [4.69, 9.17) is 4.74 Å². The maximum Gasteiger partial charge on any atom is 0.310 e. The van der Waals surface area contributed by atoms with E-state index in [1.54, 1.807) is 26.0 Å². The number of esters is 1. The zero-order valence-corrected chi connectivity index (χ0v) is 12.5. The highest BCUT2D eigenvalue weighted by Gasteiger charge is 2.35. The second-order valence-electron chi connectivity index (χ2n) is 5.43. The van der Waals surface area contributed by atoms with Crippen LogP contribution in [0.5, 0.6) is 0 Å². The number of benzene rings is 1. The minimum Gasteiger partial charge on any atom is -0.481 e. The average Bonchev–Trinajstić information content (AvgIpc) is 2.42. The van der Waals surface area contributed by atoms with E-state index < -0.39 is 30.1 Å². The fraction of sp³-hybridized carbons (Fsp3) is 0.500. The molecule has 2 N–H and O–H groups in total. The van der Waals surface area contributed by atoms with Crippen molar-refractivity contribution in [2.75, 3.05) is 0 Å². The number of aliphatic carboxylic acids is 1. The zero-order valence-electron chi connectivity index (χ0n) is 12.5. The number of hydrogen-bond acceptors (Lipinski definition) is 4. The summed E-state index contributed by atoms with van der Waals surface area (Å²) in [6.07, 6.45) is -1.94. The lowest BCUT2D eigenvalue weighted by Crippen LogP contribution is -2.42. The van der Waals surface area contributed by atoms with Crippen LogP contribution in [0.2, 0.25) is 0 Å². The Labute approximate surface area is 124 Å². The molecule has 1 aromatic rings. The van der Waals surface area contributed by atoms with E-state index in [1.165, 1.54) is 6.92 Å². The van der Waals surface area contributed by atoms with Gasteiger partial charge in [-0.25, -0.2) is 0 Å². The van der Waals surface area contributed by atoms with Gasteiger partial charge in [-0.2, -0.15) is 0 Å². The average molecular weight is 294 g/mol. The van der Waals surface area contributed by atoms with Crippen LogP contribution in [0.15, 0.2) is 30.3 Å². The topological polar surface area (TPSA) is 83.8 Å². The lowest BCUT2D eigenvalue weighted by atomic mass is 9.91. The van der Waals surface area contributed by atoms with Gasteiger partial charge in [-0.15, -0.1) is 0 Å². The molecule has 116 valence electrons. The number of hydrogen-bond donors (Lipinski definition) is 2. The van der Waals surface area contributed by atoms with Gasteiger partial charge in [-0.3, -0.25) is 9.59 Å². The highest BCUT2D eigenvalue weighted by molar-refractivity contribution is 5.74. The normalized spacial score (nSPS) is 15.3. The van der Waals surface area contributed by atoms with Crippen molar-refractivity contribution in [3.05, 3.63) is 35.9 Å².